The third-order valence-corrected chi connectivity index (χ3v) is 10.8. The summed E-state index contributed by atoms with van der Waals surface area (Å²) in [6, 6.07) is 9.89. The van der Waals surface area contributed by atoms with Gasteiger partial charge in [-0.15, -0.1) is 22.7 Å². The summed E-state index contributed by atoms with van der Waals surface area (Å²) in [5.41, 5.74) is 0.897. The van der Waals surface area contributed by atoms with E-state index >= 15 is 0 Å². The molecule has 4 heterocycles. The maximum absolute atomic E-state index is 13.5. The van der Waals surface area contributed by atoms with Gasteiger partial charge in [0, 0.05) is 61.4 Å². The number of nitrogens with one attached hydrogen (secondary N) is 1. The number of nitrogens with zero attached hydrogens (tertiary/aromatic N) is 4. The van der Waals surface area contributed by atoms with Gasteiger partial charge in [-0.2, -0.15) is 4.31 Å². The van der Waals surface area contributed by atoms with E-state index in [1.165, 1.54) is 22.7 Å². The molecule has 1 aromatic carbocycles. The molecule has 1 unspecified atom stereocenters. The molecule has 1 saturated heterocycles. The second kappa shape index (κ2) is 10.5. The number of halogens is 1. The lowest BCUT2D eigenvalue weighted by Crippen LogP contribution is -2.57. The Morgan fingerprint density at radius 3 is 2.68 bits per heavy atom. The van der Waals surface area contributed by atoms with Gasteiger partial charge in [-0.3, -0.25) is 14.6 Å². The molecular weight excluding hydrogens is 554 g/mol. The number of fused-ring (bicyclic) bond motifs is 1. The quantitative estimate of drug-likeness (QED) is 0.375. The van der Waals surface area contributed by atoms with Gasteiger partial charge in [-0.25, -0.2) is 13.4 Å². The Morgan fingerprint density at radius 2 is 1.92 bits per heavy atom. The number of hydrogen-bond donors (Lipinski definition) is 1. The van der Waals surface area contributed by atoms with Crippen LogP contribution >= 0.6 is 34.3 Å². The largest absolute Gasteiger partial charge is 0.359 e. The standard InChI is InChI=1S/C24H22ClN5O4S3/c1-26-21(31)12-18-14-29(37(33,34)22-10-16-2-3-17(25)11-19(16)35-22)8-9-30(18)24(32)23-28-13-20(36-23)15-4-6-27-7-5-15/h2-7,10-11,13,18H,8-9,12,14H2,1H3,(H,26,31). The fraction of sp³-hybridized carbons (Fsp3) is 0.250. The molecule has 1 atom stereocenters. The Kier molecular flexibility index (Phi) is 7.28. The normalized spacial score (nSPS) is 16.7. The van der Waals surface area contributed by atoms with Crippen molar-refractivity contribution in [3.05, 3.63) is 65.0 Å². The highest BCUT2D eigenvalue weighted by molar-refractivity contribution is 7.91. The number of carbonyl (C=O) groups excluding carboxylic acids is 2. The average molecular weight is 576 g/mol. The molecule has 1 aliphatic heterocycles. The summed E-state index contributed by atoms with van der Waals surface area (Å²) >= 11 is 8.47. The lowest BCUT2D eigenvalue weighted by atomic mass is 10.1. The molecular formula is C24H22ClN5O4S3. The molecule has 3 aromatic heterocycles. The topological polar surface area (TPSA) is 113 Å². The van der Waals surface area contributed by atoms with Crippen LogP contribution in [0.1, 0.15) is 16.2 Å². The third-order valence-electron chi connectivity index (χ3n) is 6.11. The van der Waals surface area contributed by atoms with Crippen LogP contribution in [-0.4, -0.2) is 72.1 Å². The Labute approximate surface area is 226 Å². The molecule has 0 radical (unpaired) electrons. The zero-order valence-corrected chi connectivity index (χ0v) is 22.8. The number of piperazine rings is 1. The minimum absolute atomic E-state index is 0.000911. The lowest BCUT2D eigenvalue weighted by molar-refractivity contribution is -0.121. The second-order valence-corrected chi connectivity index (χ2v) is 13.1. The van der Waals surface area contributed by atoms with E-state index in [9.17, 15) is 18.0 Å². The first-order valence-corrected chi connectivity index (χ1v) is 14.8. The third kappa shape index (κ3) is 5.25. The summed E-state index contributed by atoms with van der Waals surface area (Å²) in [6.07, 6.45) is 4.94. The number of amides is 2. The summed E-state index contributed by atoms with van der Waals surface area (Å²) in [4.78, 5) is 36.5. The number of benzene rings is 1. The number of hydrogen-bond acceptors (Lipinski definition) is 8. The van der Waals surface area contributed by atoms with E-state index in [1.807, 2.05) is 12.1 Å². The van der Waals surface area contributed by atoms with Gasteiger partial charge in [-0.1, -0.05) is 17.7 Å². The molecule has 2 amide bonds. The molecule has 4 aromatic rings. The summed E-state index contributed by atoms with van der Waals surface area (Å²) in [5, 5.41) is 4.18. The van der Waals surface area contributed by atoms with E-state index in [0.29, 0.717) is 5.02 Å². The highest BCUT2D eigenvalue weighted by atomic mass is 35.5. The first-order chi connectivity index (χ1) is 17.8. The van der Waals surface area contributed by atoms with Crippen LogP contribution in [-0.2, 0) is 14.8 Å². The SMILES string of the molecule is CNC(=O)CC1CN(S(=O)(=O)c2cc3ccc(Cl)cc3s2)CCN1C(=O)c1ncc(-c2ccncc2)s1. The number of pyridine rings is 1. The van der Waals surface area contributed by atoms with Crippen LogP contribution in [0.4, 0.5) is 0 Å². The maximum atomic E-state index is 13.5. The van der Waals surface area contributed by atoms with Gasteiger partial charge in [0.15, 0.2) is 5.01 Å². The summed E-state index contributed by atoms with van der Waals surface area (Å²) in [7, 11) is -2.33. The monoisotopic (exact) mass is 575 g/mol. The first kappa shape index (κ1) is 25.7. The molecule has 0 spiro atoms. The molecule has 0 saturated carbocycles. The van der Waals surface area contributed by atoms with Crippen molar-refractivity contribution in [1.82, 2.24) is 24.5 Å². The number of sulfonamides is 1. The highest BCUT2D eigenvalue weighted by Crippen LogP contribution is 2.34. The Balaban J connectivity index is 1.40. The van der Waals surface area contributed by atoms with Crippen molar-refractivity contribution in [2.24, 2.45) is 0 Å². The van der Waals surface area contributed by atoms with Crippen molar-refractivity contribution < 1.29 is 18.0 Å². The van der Waals surface area contributed by atoms with Crippen LogP contribution in [0.15, 0.2) is 59.2 Å². The fourth-order valence-corrected chi connectivity index (χ4v) is 8.36. The molecule has 13 heteroatoms. The zero-order valence-electron chi connectivity index (χ0n) is 19.6. The number of thiophene rings is 1. The maximum Gasteiger partial charge on any atom is 0.283 e. The van der Waals surface area contributed by atoms with Gasteiger partial charge in [0.1, 0.15) is 4.21 Å². The summed E-state index contributed by atoms with van der Waals surface area (Å²) in [5.74, 6) is -0.608. The highest BCUT2D eigenvalue weighted by Gasteiger charge is 2.38. The van der Waals surface area contributed by atoms with Gasteiger partial charge in [-0.05, 0) is 41.3 Å². The van der Waals surface area contributed by atoms with E-state index in [-0.39, 0.29) is 47.1 Å². The van der Waals surface area contributed by atoms with Crippen LogP contribution in [0.5, 0.6) is 0 Å². The van der Waals surface area contributed by atoms with Crippen molar-refractivity contribution in [1.29, 1.82) is 0 Å². The lowest BCUT2D eigenvalue weighted by Gasteiger charge is -2.40. The van der Waals surface area contributed by atoms with Gasteiger partial charge in [0.25, 0.3) is 15.9 Å². The molecule has 1 N–H and O–H groups in total. The second-order valence-electron chi connectivity index (χ2n) is 8.41. The molecule has 9 nitrogen and oxygen atoms in total. The minimum atomic E-state index is -3.84. The molecule has 0 bridgehead atoms. The zero-order chi connectivity index (χ0) is 26.2. The molecule has 5 rings (SSSR count). The van der Waals surface area contributed by atoms with E-state index in [1.54, 1.807) is 47.8 Å². The molecule has 37 heavy (non-hydrogen) atoms. The van der Waals surface area contributed by atoms with E-state index in [2.05, 4.69) is 15.3 Å². The predicted octanol–water partition coefficient (Wildman–Crippen LogP) is 3.72. The van der Waals surface area contributed by atoms with Crippen LogP contribution < -0.4 is 5.32 Å². The van der Waals surface area contributed by atoms with E-state index in [4.69, 9.17) is 11.6 Å². The van der Waals surface area contributed by atoms with Gasteiger partial charge in [0.05, 0.1) is 10.9 Å². The smallest absolute Gasteiger partial charge is 0.283 e. The van der Waals surface area contributed by atoms with Crippen LogP contribution in [0.3, 0.4) is 0 Å². The van der Waals surface area contributed by atoms with Crippen molar-refractivity contribution in [3.63, 3.8) is 0 Å². The molecule has 0 aliphatic carbocycles. The van der Waals surface area contributed by atoms with Crippen molar-refractivity contribution >= 4 is 66.2 Å². The van der Waals surface area contributed by atoms with Crippen LogP contribution in [0, 0.1) is 0 Å². The van der Waals surface area contributed by atoms with Crippen molar-refractivity contribution in [3.8, 4) is 10.4 Å². The Bertz CT molecular complexity index is 1570. The predicted molar refractivity (Wildman–Crippen MR) is 144 cm³/mol. The molecule has 1 fully saturated rings. The van der Waals surface area contributed by atoms with E-state index < -0.39 is 16.1 Å². The Morgan fingerprint density at radius 1 is 1.14 bits per heavy atom. The molecule has 1 aliphatic rings. The number of thiazole rings is 1. The number of rotatable bonds is 6. The van der Waals surface area contributed by atoms with Crippen molar-refractivity contribution in [2.75, 3.05) is 26.7 Å². The minimum Gasteiger partial charge on any atom is -0.359 e. The van der Waals surface area contributed by atoms with Crippen LogP contribution in [0.25, 0.3) is 20.5 Å². The summed E-state index contributed by atoms with van der Waals surface area (Å²) < 4.78 is 29.4. The molecule has 192 valence electrons. The van der Waals surface area contributed by atoms with Crippen molar-refractivity contribution in [2.45, 2.75) is 16.7 Å². The van der Waals surface area contributed by atoms with Crippen LogP contribution in [0.2, 0.25) is 5.02 Å². The number of carbonyl (C=O) groups is 2. The van der Waals surface area contributed by atoms with Gasteiger partial charge in [0.2, 0.25) is 5.91 Å². The average Bonchev–Trinajstić information content (AvgIpc) is 3.56. The Hall–Kier alpha value is -2.90. The summed E-state index contributed by atoms with van der Waals surface area (Å²) in [6.45, 7) is 0.246. The van der Waals surface area contributed by atoms with E-state index in [0.717, 1.165) is 31.9 Å². The first-order valence-electron chi connectivity index (χ1n) is 11.3. The number of aromatic nitrogens is 2. The van der Waals surface area contributed by atoms with Gasteiger partial charge < -0.3 is 10.2 Å². The van der Waals surface area contributed by atoms with Gasteiger partial charge >= 0.3 is 0 Å². The fourth-order valence-electron chi connectivity index (χ4n) is 4.18.